The Morgan fingerprint density at radius 3 is 2.29 bits per heavy atom. The minimum atomic E-state index is 0.847. The van der Waals surface area contributed by atoms with Crippen molar-refractivity contribution < 1.29 is 0 Å². The maximum absolute atomic E-state index is 4.30. The van der Waals surface area contributed by atoms with Crippen molar-refractivity contribution in [1.82, 2.24) is 19.7 Å². The fraction of sp³-hybridized carbons (Fsp3) is 0.300. The molecule has 0 aromatic carbocycles. The van der Waals surface area contributed by atoms with Gasteiger partial charge in [0.2, 0.25) is 0 Å². The van der Waals surface area contributed by atoms with Crippen molar-refractivity contribution in [2.75, 3.05) is 0 Å². The fourth-order valence-corrected chi connectivity index (χ4v) is 0.991. The quantitative estimate of drug-likeness (QED) is 0.690. The Kier molecular flexibility index (Phi) is 3.79. The van der Waals surface area contributed by atoms with Gasteiger partial charge in [0.05, 0.1) is 0 Å². The van der Waals surface area contributed by atoms with Gasteiger partial charge in [0, 0.05) is 5.69 Å². The Hall–Kier alpha value is -1.71. The molecule has 0 saturated carbocycles. The standard InChI is InChI=1S/C8H8N4.C2H6/c1-7-3-2-4-8(11-7)12-5-9-10-6-12;1-2/h2-6H,1H3;1-2H3. The van der Waals surface area contributed by atoms with E-state index in [0.29, 0.717) is 0 Å². The van der Waals surface area contributed by atoms with E-state index in [1.807, 2.05) is 39.0 Å². The van der Waals surface area contributed by atoms with Crippen LogP contribution in [0.15, 0.2) is 30.9 Å². The summed E-state index contributed by atoms with van der Waals surface area (Å²) in [5.41, 5.74) is 0.987. The van der Waals surface area contributed by atoms with Crippen molar-refractivity contribution in [3.63, 3.8) is 0 Å². The summed E-state index contributed by atoms with van der Waals surface area (Å²) < 4.78 is 1.77. The van der Waals surface area contributed by atoms with Crippen LogP contribution in [0, 0.1) is 6.92 Å². The van der Waals surface area contributed by atoms with Gasteiger partial charge in [-0.1, -0.05) is 19.9 Å². The number of rotatable bonds is 1. The van der Waals surface area contributed by atoms with Crippen LogP contribution >= 0.6 is 0 Å². The highest BCUT2D eigenvalue weighted by Crippen LogP contribution is 2.02. The third kappa shape index (κ3) is 2.39. The molecule has 4 heteroatoms. The maximum atomic E-state index is 4.30. The molecule has 0 saturated heterocycles. The van der Waals surface area contributed by atoms with Crippen LogP contribution in [-0.4, -0.2) is 19.7 Å². The van der Waals surface area contributed by atoms with Crippen molar-refractivity contribution in [3.8, 4) is 5.82 Å². The Morgan fingerprint density at radius 2 is 1.71 bits per heavy atom. The topological polar surface area (TPSA) is 43.6 Å². The van der Waals surface area contributed by atoms with Crippen LogP contribution in [0.3, 0.4) is 0 Å². The lowest BCUT2D eigenvalue weighted by Gasteiger charge is -1.99. The Morgan fingerprint density at radius 1 is 1.07 bits per heavy atom. The smallest absolute Gasteiger partial charge is 0.139 e. The highest BCUT2D eigenvalue weighted by Gasteiger charge is 1.95. The SMILES string of the molecule is CC.Cc1cccc(-n2cnnc2)n1. The maximum Gasteiger partial charge on any atom is 0.139 e. The first kappa shape index (κ1) is 10.4. The molecule has 0 bridgehead atoms. The second-order valence-electron chi connectivity index (χ2n) is 2.51. The number of pyridine rings is 1. The van der Waals surface area contributed by atoms with Gasteiger partial charge < -0.3 is 0 Å². The van der Waals surface area contributed by atoms with E-state index in [2.05, 4.69) is 15.2 Å². The zero-order chi connectivity index (χ0) is 10.4. The Labute approximate surface area is 83.6 Å². The Bertz CT molecular complexity index is 367. The van der Waals surface area contributed by atoms with E-state index < -0.39 is 0 Å². The molecule has 2 aromatic heterocycles. The van der Waals surface area contributed by atoms with E-state index in [4.69, 9.17) is 0 Å². The molecule has 2 heterocycles. The zero-order valence-corrected chi connectivity index (χ0v) is 8.68. The molecule has 14 heavy (non-hydrogen) atoms. The highest BCUT2D eigenvalue weighted by atomic mass is 15.2. The van der Waals surface area contributed by atoms with Crippen LogP contribution in [0.1, 0.15) is 19.5 Å². The highest BCUT2D eigenvalue weighted by molar-refractivity contribution is 5.22. The molecular weight excluding hydrogens is 176 g/mol. The van der Waals surface area contributed by atoms with Gasteiger partial charge in [-0.3, -0.25) is 4.57 Å². The molecule has 0 amide bonds. The monoisotopic (exact) mass is 190 g/mol. The van der Waals surface area contributed by atoms with Crippen molar-refractivity contribution >= 4 is 0 Å². The first-order chi connectivity index (χ1) is 6.86. The molecule has 0 radical (unpaired) electrons. The molecule has 74 valence electrons. The van der Waals surface area contributed by atoms with E-state index in [1.165, 1.54) is 0 Å². The lowest BCUT2D eigenvalue weighted by atomic mass is 10.4. The van der Waals surface area contributed by atoms with Gasteiger partial charge >= 0.3 is 0 Å². The third-order valence-corrected chi connectivity index (χ3v) is 1.56. The average molecular weight is 190 g/mol. The summed E-state index contributed by atoms with van der Waals surface area (Å²) >= 11 is 0. The summed E-state index contributed by atoms with van der Waals surface area (Å²) in [4.78, 5) is 4.30. The van der Waals surface area contributed by atoms with Gasteiger partial charge in [0.15, 0.2) is 0 Å². The van der Waals surface area contributed by atoms with Gasteiger partial charge in [-0.2, -0.15) is 0 Å². The van der Waals surface area contributed by atoms with E-state index in [0.717, 1.165) is 11.5 Å². The summed E-state index contributed by atoms with van der Waals surface area (Å²) in [6, 6.07) is 5.82. The Balaban J connectivity index is 0.000000461. The van der Waals surface area contributed by atoms with Crippen molar-refractivity contribution in [1.29, 1.82) is 0 Å². The second-order valence-corrected chi connectivity index (χ2v) is 2.51. The summed E-state index contributed by atoms with van der Waals surface area (Å²) in [7, 11) is 0. The molecular formula is C10H14N4. The van der Waals surface area contributed by atoms with Crippen LogP contribution in [0.2, 0.25) is 0 Å². The third-order valence-electron chi connectivity index (χ3n) is 1.56. The molecule has 0 aliphatic rings. The minimum Gasteiger partial charge on any atom is -0.272 e. The molecule has 4 nitrogen and oxygen atoms in total. The molecule has 0 N–H and O–H groups in total. The van der Waals surface area contributed by atoms with Gasteiger partial charge in [-0.05, 0) is 19.1 Å². The van der Waals surface area contributed by atoms with Gasteiger partial charge in [-0.25, -0.2) is 4.98 Å². The summed E-state index contributed by atoms with van der Waals surface area (Å²) in [5, 5.41) is 7.40. The normalized spacial score (nSPS) is 9.07. The van der Waals surface area contributed by atoms with E-state index >= 15 is 0 Å². The van der Waals surface area contributed by atoms with Crippen LogP contribution in [0.4, 0.5) is 0 Å². The van der Waals surface area contributed by atoms with Crippen molar-refractivity contribution in [3.05, 3.63) is 36.5 Å². The largest absolute Gasteiger partial charge is 0.272 e. The molecule has 0 fully saturated rings. The number of aryl methyl sites for hydroxylation is 1. The van der Waals surface area contributed by atoms with E-state index in [9.17, 15) is 0 Å². The van der Waals surface area contributed by atoms with Gasteiger partial charge in [0.1, 0.15) is 18.5 Å². The lowest BCUT2D eigenvalue weighted by Crippen LogP contribution is -1.94. The van der Waals surface area contributed by atoms with Crippen LogP contribution in [0.25, 0.3) is 5.82 Å². The number of aromatic nitrogens is 4. The van der Waals surface area contributed by atoms with Crippen molar-refractivity contribution in [2.24, 2.45) is 0 Å². The first-order valence-corrected chi connectivity index (χ1v) is 4.65. The zero-order valence-electron chi connectivity index (χ0n) is 8.68. The summed E-state index contributed by atoms with van der Waals surface area (Å²) in [5.74, 6) is 0.847. The molecule has 0 aliphatic heterocycles. The summed E-state index contributed by atoms with van der Waals surface area (Å²) in [6.07, 6.45) is 3.25. The predicted molar refractivity (Wildman–Crippen MR) is 55.2 cm³/mol. The molecule has 0 atom stereocenters. The summed E-state index contributed by atoms with van der Waals surface area (Å²) in [6.45, 7) is 5.95. The minimum absolute atomic E-state index is 0.847. The molecule has 2 rings (SSSR count). The number of hydrogen-bond acceptors (Lipinski definition) is 3. The molecule has 0 unspecified atom stereocenters. The van der Waals surface area contributed by atoms with E-state index in [-0.39, 0.29) is 0 Å². The molecule has 0 aliphatic carbocycles. The lowest BCUT2D eigenvalue weighted by molar-refractivity contribution is 0.973. The van der Waals surface area contributed by atoms with E-state index in [1.54, 1.807) is 17.2 Å². The average Bonchev–Trinajstić information content (AvgIpc) is 2.74. The number of nitrogens with zero attached hydrogens (tertiary/aromatic N) is 4. The van der Waals surface area contributed by atoms with Crippen molar-refractivity contribution in [2.45, 2.75) is 20.8 Å². The van der Waals surface area contributed by atoms with Gasteiger partial charge in [0.25, 0.3) is 0 Å². The molecule has 0 spiro atoms. The van der Waals surface area contributed by atoms with Gasteiger partial charge in [-0.15, -0.1) is 10.2 Å². The van der Waals surface area contributed by atoms with Crippen LogP contribution < -0.4 is 0 Å². The number of hydrogen-bond donors (Lipinski definition) is 0. The predicted octanol–water partition coefficient (Wildman–Crippen LogP) is 2.00. The van der Waals surface area contributed by atoms with Crippen LogP contribution in [-0.2, 0) is 0 Å². The molecule has 2 aromatic rings. The second kappa shape index (κ2) is 5.11. The fourth-order valence-electron chi connectivity index (χ4n) is 0.991. The first-order valence-electron chi connectivity index (χ1n) is 4.65. The van der Waals surface area contributed by atoms with Crippen LogP contribution in [0.5, 0.6) is 0 Å².